The Morgan fingerprint density at radius 3 is 1.38 bits per heavy atom. The SMILES string of the molecule is CCCCCCCCCCCCCC(=O)OCCN(CCOC(=O)CCCCCCCCCCCCC)C(=O)CN1CCC[C@H](O)C1. The lowest BCUT2D eigenvalue weighted by molar-refractivity contribution is -0.148. The van der Waals surface area contributed by atoms with Gasteiger partial charge in [-0.15, -0.1) is 0 Å². The molecule has 1 aliphatic rings. The Morgan fingerprint density at radius 2 is 1.00 bits per heavy atom. The third-order valence-electron chi connectivity index (χ3n) is 9.41. The summed E-state index contributed by atoms with van der Waals surface area (Å²) < 4.78 is 11.0. The highest BCUT2D eigenvalue weighted by molar-refractivity contribution is 5.78. The molecule has 1 atom stereocenters. The van der Waals surface area contributed by atoms with Crippen LogP contribution in [0.3, 0.4) is 0 Å². The van der Waals surface area contributed by atoms with Crippen molar-refractivity contribution in [1.82, 2.24) is 9.80 Å². The van der Waals surface area contributed by atoms with Gasteiger partial charge < -0.3 is 19.5 Å². The van der Waals surface area contributed by atoms with Crippen molar-refractivity contribution in [3.63, 3.8) is 0 Å². The zero-order valence-corrected chi connectivity index (χ0v) is 30.8. The molecule has 276 valence electrons. The van der Waals surface area contributed by atoms with E-state index in [0.29, 0.717) is 19.4 Å². The van der Waals surface area contributed by atoms with Gasteiger partial charge in [-0.3, -0.25) is 19.3 Å². The molecule has 1 aliphatic heterocycles. The number of likely N-dealkylation sites (tertiary alicyclic amines) is 1. The molecule has 0 saturated carbocycles. The van der Waals surface area contributed by atoms with Gasteiger partial charge in [0.05, 0.1) is 25.7 Å². The number of rotatable bonds is 32. The Kier molecular flexibility index (Phi) is 29.1. The van der Waals surface area contributed by atoms with Gasteiger partial charge in [0.15, 0.2) is 0 Å². The summed E-state index contributed by atoms with van der Waals surface area (Å²) in [6.45, 7) is 6.78. The van der Waals surface area contributed by atoms with Crippen LogP contribution in [0.25, 0.3) is 0 Å². The van der Waals surface area contributed by atoms with Crippen molar-refractivity contribution in [2.75, 3.05) is 45.9 Å². The summed E-state index contributed by atoms with van der Waals surface area (Å²) in [6.07, 6.45) is 29.2. The van der Waals surface area contributed by atoms with Crippen LogP contribution >= 0.6 is 0 Å². The van der Waals surface area contributed by atoms with Crippen LogP contribution in [0, 0.1) is 0 Å². The van der Waals surface area contributed by atoms with Gasteiger partial charge in [-0.2, -0.15) is 0 Å². The van der Waals surface area contributed by atoms with Crippen molar-refractivity contribution in [3.05, 3.63) is 0 Å². The van der Waals surface area contributed by atoms with E-state index in [0.717, 1.165) is 57.9 Å². The number of unbranched alkanes of at least 4 members (excludes halogenated alkanes) is 20. The number of aliphatic hydroxyl groups excluding tert-OH is 1. The average molecular weight is 667 g/mol. The maximum absolute atomic E-state index is 13.2. The number of β-amino-alcohol motifs (C(OH)–C–C–N with tert-alkyl or cyclic N) is 1. The van der Waals surface area contributed by atoms with Crippen LogP contribution in [0.2, 0.25) is 0 Å². The Balaban J connectivity index is 2.25. The highest BCUT2D eigenvalue weighted by Gasteiger charge is 2.23. The molecule has 47 heavy (non-hydrogen) atoms. The minimum absolute atomic E-state index is 0.0954. The lowest BCUT2D eigenvalue weighted by atomic mass is 10.1. The van der Waals surface area contributed by atoms with E-state index < -0.39 is 6.10 Å². The van der Waals surface area contributed by atoms with E-state index in [2.05, 4.69) is 13.8 Å². The first-order valence-electron chi connectivity index (χ1n) is 20.0. The Labute approximate surface area is 289 Å². The second kappa shape index (κ2) is 31.6. The smallest absolute Gasteiger partial charge is 0.305 e. The molecule has 8 heteroatoms. The molecule has 1 rings (SSSR count). The number of ether oxygens (including phenoxy) is 2. The number of aliphatic hydroxyl groups is 1. The van der Waals surface area contributed by atoms with E-state index in [4.69, 9.17) is 9.47 Å². The predicted molar refractivity (Wildman–Crippen MR) is 192 cm³/mol. The number of carbonyl (C=O) groups excluding carboxylic acids is 3. The molecule has 0 bridgehead atoms. The lowest BCUT2D eigenvalue weighted by Gasteiger charge is -2.31. The standard InChI is InChI=1S/C39H74N2O6/c1-3-5-7-9-11-13-15-17-19-21-23-27-38(44)46-32-30-41(37(43)35-40-29-25-26-36(42)34-40)31-33-47-39(45)28-24-22-20-18-16-14-12-10-8-6-4-2/h36,42H,3-35H2,1-2H3/t36-/m0/s1. The molecule has 0 radical (unpaired) electrons. The van der Waals surface area contributed by atoms with E-state index in [-0.39, 0.29) is 50.7 Å². The normalized spacial score (nSPS) is 15.1. The fourth-order valence-electron chi connectivity index (χ4n) is 6.38. The summed E-state index contributed by atoms with van der Waals surface area (Å²) in [7, 11) is 0. The number of piperidine rings is 1. The molecule has 1 N–H and O–H groups in total. The average Bonchev–Trinajstić information content (AvgIpc) is 3.05. The fraction of sp³-hybridized carbons (Fsp3) is 0.923. The molecule has 1 saturated heterocycles. The molecule has 0 aliphatic carbocycles. The number of hydrogen-bond donors (Lipinski definition) is 1. The van der Waals surface area contributed by atoms with Crippen LogP contribution in [0.1, 0.15) is 181 Å². The molecule has 8 nitrogen and oxygen atoms in total. The van der Waals surface area contributed by atoms with Gasteiger partial charge in [-0.05, 0) is 32.2 Å². The number of carbonyl (C=O) groups is 3. The first-order chi connectivity index (χ1) is 23.0. The highest BCUT2D eigenvalue weighted by atomic mass is 16.5. The van der Waals surface area contributed by atoms with Gasteiger partial charge in [-0.1, -0.05) is 142 Å². The van der Waals surface area contributed by atoms with Crippen molar-refractivity contribution in [1.29, 1.82) is 0 Å². The van der Waals surface area contributed by atoms with E-state index >= 15 is 0 Å². The maximum Gasteiger partial charge on any atom is 0.305 e. The van der Waals surface area contributed by atoms with E-state index in [1.165, 1.54) is 103 Å². The van der Waals surface area contributed by atoms with Gasteiger partial charge in [0.25, 0.3) is 0 Å². The van der Waals surface area contributed by atoms with Gasteiger partial charge in [-0.25, -0.2) is 0 Å². The first kappa shape index (κ1) is 43.4. The van der Waals surface area contributed by atoms with Crippen molar-refractivity contribution in [2.24, 2.45) is 0 Å². The van der Waals surface area contributed by atoms with Crippen molar-refractivity contribution in [2.45, 2.75) is 187 Å². The summed E-state index contributed by atoms with van der Waals surface area (Å²) in [5.41, 5.74) is 0. The third-order valence-corrected chi connectivity index (χ3v) is 9.41. The molecule has 1 fully saturated rings. The molecule has 1 heterocycles. The van der Waals surface area contributed by atoms with Gasteiger partial charge in [0.2, 0.25) is 5.91 Å². The van der Waals surface area contributed by atoms with E-state index in [1.807, 2.05) is 4.90 Å². The number of esters is 2. The van der Waals surface area contributed by atoms with Crippen molar-refractivity contribution < 1.29 is 29.0 Å². The van der Waals surface area contributed by atoms with Crippen LogP contribution in [0.4, 0.5) is 0 Å². The van der Waals surface area contributed by atoms with Gasteiger partial charge in [0, 0.05) is 19.4 Å². The Hall–Kier alpha value is -1.67. The second-order valence-electron chi connectivity index (χ2n) is 13.9. The summed E-state index contributed by atoms with van der Waals surface area (Å²) in [4.78, 5) is 41.4. The molecular formula is C39H74N2O6. The molecule has 1 amide bonds. The highest BCUT2D eigenvalue weighted by Crippen LogP contribution is 2.14. The maximum atomic E-state index is 13.2. The van der Waals surface area contributed by atoms with Crippen molar-refractivity contribution in [3.8, 4) is 0 Å². The van der Waals surface area contributed by atoms with Gasteiger partial charge >= 0.3 is 11.9 Å². The van der Waals surface area contributed by atoms with E-state index in [1.54, 1.807) is 4.90 Å². The first-order valence-corrected chi connectivity index (χ1v) is 20.0. The Bertz CT molecular complexity index is 720. The number of nitrogens with zero attached hydrogens (tertiary/aromatic N) is 2. The third kappa shape index (κ3) is 26.9. The quantitative estimate of drug-likeness (QED) is 0.0566. The summed E-state index contributed by atoms with van der Waals surface area (Å²) in [6, 6.07) is 0. The molecular weight excluding hydrogens is 592 g/mol. The monoisotopic (exact) mass is 667 g/mol. The summed E-state index contributed by atoms with van der Waals surface area (Å²) in [5, 5.41) is 10.0. The van der Waals surface area contributed by atoms with Crippen molar-refractivity contribution >= 4 is 17.8 Å². The van der Waals surface area contributed by atoms with Crippen LogP contribution in [0.15, 0.2) is 0 Å². The zero-order valence-electron chi connectivity index (χ0n) is 30.8. The zero-order chi connectivity index (χ0) is 34.2. The second-order valence-corrected chi connectivity index (χ2v) is 13.9. The van der Waals surface area contributed by atoms with Crippen LogP contribution in [-0.2, 0) is 23.9 Å². The topological polar surface area (TPSA) is 96.4 Å². The fourth-order valence-corrected chi connectivity index (χ4v) is 6.38. The largest absolute Gasteiger partial charge is 0.464 e. The minimum Gasteiger partial charge on any atom is -0.464 e. The minimum atomic E-state index is -0.405. The van der Waals surface area contributed by atoms with Gasteiger partial charge in [0.1, 0.15) is 13.2 Å². The molecule has 0 aromatic rings. The van der Waals surface area contributed by atoms with E-state index in [9.17, 15) is 19.5 Å². The molecule has 0 aromatic carbocycles. The van der Waals surface area contributed by atoms with Crippen LogP contribution < -0.4 is 0 Å². The molecule has 0 spiro atoms. The lowest BCUT2D eigenvalue weighted by Crippen LogP contribution is -2.47. The summed E-state index contributed by atoms with van der Waals surface area (Å²) >= 11 is 0. The summed E-state index contributed by atoms with van der Waals surface area (Å²) in [5.74, 6) is -0.529. The molecule has 0 unspecified atom stereocenters. The van der Waals surface area contributed by atoms with Crippen LogP contribution in [0.5, 0.6) is 0 Å². The number of amides is 1. The molecule has 0 aromatic heterocycles. The Morgan fingerprint density at radius 1 is 0.617 bits per heavy atom. The van der Waals surface area contributed by atoms with Crippen LogP contribution in [-0.4, -0.2) is 84.8 Å². The number of hydrogen-bond acceptors (Lipinski definition) is 7. The predicted octanol–water partition coefficient (Wildman–Crippen LogP) is 8.76.